The zero-order chi connectivity index (χ0) is 26.8. The Balaban J connectivity index is 0.000000468. The summed E-state index contributed by atoms with van der Waals surface area (Å²) in [5.74, 6) is -1.41. The largest absolute Gasteiger partial charge is 0.446 e. The maximum Gasteiger partial charge on any atom is 0.410 e. The van der Waals surface area contributed by atoms with Crippen LogP contribution in [0.15, 0.2) is 72.8 Å². The highest BCUT2D eigenvalue weighted by molar-refractivity contribution is 5.71. The highest BCUT2D eigenvalue weighted by Gasteiger charge is 2.30. The molecule has 4 rings (SSSR count). The van der Waals surface area contributed by atoms with Gasteiger partial charge in [-0.3, -0.25) is 0 Å². The Morgan fingerprint density at radius 2 is 1.76 bits per heavy atom. The average molecular weight is 514 g/mol. The van der Waals surface area contributed by atoms with E-state index in [0.29, 0.717) is 43.5 Å². The van der Waals surface area contributed by atoms with Crippen molar-refractivity contribution in [3.63, 3.8) is 0 Å². The number of ether oxygens (including phenoxy) is 1. The Morgan fingerprint density at radius 1 is 1.05 bits per heavy atom. The number of urea groups is 1. The first-order chi connectivity index (χ1) is 17.7. The molecule has 0 radical (unpaired) electrons. The fourth-order valence-corrected chi connectivity index (χ4v) is 4.00. The van der Waals surface area contributed by atoms with Crippen molar-refractivity contribution in [2.45, 2.75) is 38.3 Å². The van der Waals surface area contributed by atoms with Crippen LogP contribution in [0.2, 0.25) is 0 Å². The standard InChI is InChI=1S/C22H25F2N3O3.C6H5F/c1-14(27-12-10-18(30-22(27)29)3-2-11-26-21(25)28)15-4-6-16(7-5-15)19-9-8-17(23)13-20(19)24;7-6-4-2-1-3-5-6/h4-9,13-14,18H,2-3,10-12H2,1H3,(H3,25,26,28);1-5H. The maximum atomic E-state index is 14.0. The van der Waals surface area contributed by atoms with Crippen LogP contribution >= 0.6 is 0 Å². The van der Waals surface area contributed by atoms with Gasteiger partial charge in [-0.15, -0.1) is 0 Å². The van der Waals surface area contributed by atoms with Gasteiger partial charge in [-0.1, -0.05) is 42.5 Å². The van der Waals surface area contributed by atoms with Gasteiger partial charge >= 0.3 is 12.1 Å². The third kappa shape index (κ3) is 8.27. The van der Waals surface area contributed by atoms with Crippen molar-refractivity contribution in [2.24, 2.45) is 5.73 Å². The number of benzene rings is 3. The van der Waals surface area contributed by atoms with E-state index < -0.39 is 17.7 Å². The zero-order valence-electron chi connectivity index (χ0n) is 20.5. The van der Waals surface area contributed by atoms with Gasteiger partial charge in [0.15, 0.2) is 0 Å². The van der Waals surface area contributed by atoms with Gasteiger partial charge in [-0.2, -0.15) is 0 Å². The fraction of sp³-hybridized carbons (Fsp3) is 0.286. The second-order valence-corrected chi connectivity index (χ2v) is 8.64. The predicted molar refractivity (Wildman–Crippen MR) is 135 cm³/mol. The van der Waals surface area contributed by atoms with Crippen LogP contribution < -0.4 is 11.1 Å². The maximum absolute atomic E-state index is 14.0. The van der Waals surface area contributed by atoms with E-state index in [1.807, 2.05) is 19.1 Å². The van der Waals surface area contributed by atoms with Crippen LogP contribution in [0, 0.1) is 17.5 Å². The van der Waals surface area contributed by atoms with Crippen molar-refractivity contribution in [1.82, 2.24) is 10.2 Å². The molecule has 2 atom stereocenters. The van der Waals surface area contributed by atoms with Crippen molar-refractivity contribution < 1.29 is 27.5 Å². The molecule has 0 bridgehead atoms. The second kappa shape index (κ2) is 13.3. The molecule has 0 aliphatic carbocycles. The van der Waals surface area contributed by atoms with Crippen LogP contribution in [0.25, 0.3) is 11.1 Å². The number of hydrogen-bond acceptors (Lipinski definition) is 3. The Hall–Kier alpha value is -4.01. The quantitative estimate of drug-likeness (QED) is 0.370. The summed E-state index contributed by atoms with van der Waals surface area (Å²) in [6.45, 7) is 2.92. The molecule has 2 unspecified atom stereocenters. The molecule has 3 amide bonds. The molecule has 1 heterocycles. The molecule has 1 fully saturated rings. The number of nitrogens with one attached hydrogen (secondary N) is 1. The number of nitrogens with two attached hydrogens (primary N) is 1. The third-order valence-corrected chi connectivity index (χ3v) is 6.03. The lowest BCUT2D eigenvalue weighted by molar-refractivity contribution is 0.00935. The summed E-state index contributed by atoms with van der Waals surface area (Å²) in [6, 6.07) is 17.8. The molecule has 0 saturated carbocycles. The molecule has 1 saturated heterocycles. The molecule has 0 spiro atoms. The minimum Gasteiger partial charge on any atom is -0.446 e. The smallest absolute Gasteiger partial charge is 0.410 e. The van der Waals surface area contributed by atoms with E-state index in [-0.39, 0.29) is 24.1 Å². The van der Waals surface area contributed by atoms with E-state index in [4.69, 9.17) is 10.5 Å². The lowest BCUT2D eigenvalue weighted by atomic mass is 9.99. The Kier molecular flexibility index (Phi) is 9.94. The summed E-state index contributed by atoms with van der Waals surface area (Å²) in [6.07, 6.45) is 1.48. The molecule has 3 aromatic rings. The summed E-state index contributed by atoms with van der Waals surface area (Å²) in [5.41, 5.74) is 6.87. The Bertz CT molecular complexity index is 1180. The van der Waals surface area contributed by atoms with Gasteiger partial charge in [0, 0.05) is 31.1 Å². The molecule has 37 heavy (non-hydrogen) atoms. The minimum absolute atomic E-state index is 0.178. The van der Waals surface area contributed by atoms with Gasteiger partial charge in [0.05, 0.1) is 6.04 Å². The van der Waals surface area contributed by atoms with Crippen molar-refractivity contribution in [3.05, 3.63) is 95.8 Å². The van der Waals surface area contributed by atoms with Crippen LogP contribution in [0.4, 0.5) is 22.8 Å². The van der Waals surface area contributed by atoms with E-state index in [0.717, 1.165) is 11.6 Å². The number of nitrogens with zero attached hydrogens (tertiary/aromatic N) is 1. The number of primary amides is 1. The van der Waals surface area contributed by atoms with Crippen LogP contribution in [0.1, 0.15) is 37.8 Å². The SMILES string of the molecule is CC(c1ccc(-c2ccc(F)cc2F)cc1)N1CCC(CCCNC(N)=O)OC1=O.Fc1ccccc1. The number of carbonyl (C=O) groups excluding carboxylic acids is 2. The molecule has 6 nitrogen and oxygen atoms in total. The lowest BCUT2D eigenvalue weighted by Gasteiger charge is -2.36. The minimum atomic E-state index is -0.618. The molecule has 9 heteroatoms. The zero-order valence-corrected chi connectivity index (χ0v) is 20.5. The normalized spacial score (nSPS) is 15.7. The van der Waals surface area contributed by atoms with Gasteiger partial charge < -0.3 is 20.7 Å². The van der Waals surface area contributed by atoms with Crippen LogP contribution in [-0.4, -0.2) is 36.2 Å². The highest BCUT2D eigenvalue weighted by Crippen LogP contribution is 2.29. The van der Waals surface area contributed by atoms with Crippen LogP contribution in [0.3, 0.4) is 0 Å². The fourth-order valence-electron chi connectivity index (χ4n) is 4.00. The van der Waals surface area contributed by atoms with E-state index in [9.17, 15) is 22.8 Å². The van der Waals surface area contributed by atoms with Gasteiger partial charge in [0.2, 0.25) is 0 Å². The van der Waals surface area contributed by atoms with Crippen molar-refractivity contribution in [2.75, 3.05) is 13.1 Å². The first-order valence-electron chi connectivity index (χ1n) is 12.0. The molecule has 196 valence electrons. The molecule has 3 aromatic carbocycles. The summed E-state index contributed by atoms with van der Waals surface area (Å²) in [7, 11) is 0. The van der Waals surface area contributed by atoms with E-state index >= 15 is 0 Å². The van der Waals surface area contributed by atoms with Gasteiger partial charge in [0.1, 0.15) is 23.6 Å². The molecule has 0 aromatic heterocycles. The topological polar surface area (TPSA) is 84.7 Å². The van der Waals surface area contributed by atoms with Crippen LogP contribution in [0.5, 0.6) is 0 Å². The second-order valence-electron chi connectivity index (χ2n) is 8.64. The predicted octanol–water partition coefficient (Wildman–Crippen LogP) is 6.18. The van der Waals surface area contributed by atoms with E-state index in [1.54, 1.807) is 35.2 Å². The first-order valence-corrected chi connectivity index (χ1v) is 12.0. The van der Waals surface area contributed by atoms with E-state index in [1.165, 1.54) is 24.3 Å². The lowest BCUT2D eigenvalue weighted by Crippen LogP contribution is -2.43. The number of cyclic esters (lactones) is 1. The van der Waals surface area contributed by atoms with Gasteiger partial charge in [-0.05, 0) is 55.2 Å². The van der Waals surface area contributed by atoms with Crippen LogP contribution in [-0.2, 0) is 4.74 Å². The molecule has 3 N–H and O–H groups in total. The molecule has 1 aliphatic heterocycles. The summed E-state index contributed by atoms with van der Waals surface area (Å²) < 4.78 is 44.5. The number of hydrogen-bond donors (Lipinski definition) is 2. The molecular weight excluding hydrogens is 483 g/mol. The van der Waals surface area contributed by atoms with Gasteiger partial charge in [0.25, 0.3) is 0 Å². The van der Waals surface area contributed by atoms with E-state index in [2.05, 4.69) is 5.32 Å². The Labute approximate surface area is 214 Å². The first kappa shape index (κ1) is 27.6. The number of carbonyl (C=O) groups is 2. The Morgan fingerprint density at radius 3 is 2.32 bits per heavy atom. The van der Waals surface area contributed by atoms with Crippen molar-refractivity contribution in [1.29, 1.82) is 0 Å². The van der Waals surface area contributed by atoms with Gasteiger partial charge in [-0.25, -0.2) is 22.8 Å². The summed E-state index contributed by atoms with van der Waals surface area (Å²) in [4.78, 5) is 24.8. The number of halogens is 3. The molecular formula is C28H30F3N3O3. The average Bonchev–Trinajstić information content (AvgIpc) is 2.87. The van der Waals surface area contributed by atoms with Crippen molar-refractivity contribution in [3.8, 4) is 11.1 Å². The summed E-state index contributed by atoms with van der Waals surface area (Å²) in [5, 5.41) is 2.51. The number of rotatable bonds is 7. The molecule has 1 aliphatic rings. The monoisotopic (exact) mass is 513 g/mol. The van der Waals surface area contributed by atoms with Crippen molar-refractivity contribution >= 4 is 12.1 Å². The number of amides is 3. The third-order valence-electron chi connectivity index (χ3n) is 6.03. The summed E-state index contributed by atoms with van der Waals surface area (Å²) >= 11 is 0. The highest BCUT2D eigenvalue weighted by atomic mass is 19.1.